The van der Waals surface area contributed by atoms with Crippen LogP contribution >= 0.6 is 22.9 Å². The number of thiophene rings is 1. The van der Waals surface area contributed by atoms with Gasteiger partial charge in [-0.05, 0) is 38.1 Å². The normalized spacial score (nSPS) is 11.6. The van der Waals surface area contributed by atoms with E-state index in [1.54, 1.807) is 6.92 Å². The molecule has 28 heavy (non-hydrogen) atoms. The summed E-state index contributed by atoms with van der Waals surface area (Å²) in [6.07, 6.45) is -4.70. The lowest BCUT2D eigenvalue weighted by Gasteiger charge is -2.14. The number of amides is 1. The first-order valence-electron chi connectivity index (χ1n) is 7.87. The van der Waals surface area contributed by atoms with Gasteiger partial charge in [-0.15, -0.1) is 11.3 Å². The Kier molecular flexibility index (Phi) is 5.07. The second-order valence-electron chi connectivity index (χ2n) is 6.02. The number of fused-ring (bicyclic) bond motifs is 1. The molecular formula is C18H13ClF3N3O2S. The van der Waals surface area contributed by atoms with E-state index >= 15 is 0 Å². The second kappa shape index (κ2) is 7.06. The fourth-order valence-electron chi connectivity index (χ4n) is 2.69. The number of hydrogen-bond acceptors (Lipinski definition) is 5. The van der Waals surface area contributed by atoms with Crippen molar-refractivity contribution < 1.29 is 22.8 Å². The summed E-state index contributed by atoms with van der Waals surface area (Å²) in [6, 6.07) is 4.58. The fraction of sp³-hybridized carbons (Fsp3) is 0.167. The van der Waals surface area contributed by atoms with Crippen molar-refractivity contribution >= 4 is 56.2 Å². The molecule has 146 valence electrons. The molecule has 3 rings (SSSR count). The molecule has 1 amide bonds. The predicted octanol–water partition coefficient (Wildman–Crippen LogP) is 5.31. The van der Waals surface area contributed by atoms with Crippen LogP contribution in [0.4, 0.5) is 24.5 Å². The van der Waals surface area contributed by atoms with Crippen molar-refractivity contribution in [2.45, 2.75) is 20.0 Å². The summed E-state index contributed by atoms with van der Waals surface area (Å²) < 4.78 is 39.7. The zero-order valence-corrected chi connectivity index (χ0v) is 16.1. The predicted molar refractivity (Wildman–Crippen MR) is 103 cm³/mol. The molecule has 0 aliphatic carbocycles. The summed E-state index contributed by atoms with van der Waals surface area (Å²) in [5, 5.41) is 2.53. The lowest BCUT2D eigenvalue weighted by molar-refractivity contribution is -0.136. The van der Waals surface area contributed by atoms with Crippen molar-refractivity contribution in [1.82, 2.24) is 4.98 Å². The average molecular weight is 428 g/mol. The molecule has 0 aliphatic rings. The number of benzene rings is 1. The second-order valence-corrected chi connectivity index (χ2v) is 7.45. The minimum atomic E-state index is -4.70. The summed E-state index contributed by atoms with van der Waals surface area (Å²) in [4.78, 5) is 29.0. The van der Waals surface area contributed by atoms with E-state index < -0.39 is 23.3 Å². The number of ketones is 1. The van der Waals surface area contributed by atoms with Gasteiger partial charge in [-0.25, -0.2) is 4.98 Å². The van der Waals surface area contributed by atoms with Gasteiger partial charge in [0.25, 0.3) is 5.91 Å². The number of aryl methyl sites for hydroxylation is 1. The van der Waals surface area contributed by atoms with E-state index in [9.17, 15) is 22.8 Å². The highest BCUT2D eigenvalue weighted by Crippen LogP contribution is 2.38. The monoisotopic (exact) mass is 427 g/mol. The Labute approximate surface area is 166 Å². The van der Waals surface area contributed by atoms with Crippen LogP contribution in [-0.2, 0) is 6.18 Å². The molecular weight excluding hydrogens is 415 g/mol. The molecule has 0 aliphatic heterocycles. The van der Waals surface area contributed by atoms with Gasteiger partial charge in [-0.3, -0.25) is 9.59 Å². The third kappa shape index (κ3) is 3.67. The molecule has 0 saturated heterocycles. The van der Waals surface area contributed by atoms with Crippen LogP contribution in [0.2, 0.25) is 5.02 Å². The topological polar surface area (TPSA) is 85.1 Å². The summed E-state index contributed by atoms with van der Waals surface area (Å²) in [7, 11) is 0. The number of nitrogens with zero attached hydrogens (tertiary/aromatic N) is 1. The largest absolute Gasteiger partial charge is 0.418 e. The first-order chi connectivity index (χ1) is 13.0. The van der Waals surface area contributed by atoms with Gasteiger partial charge in [0.15, 0.2) is 5.78 Å². The Morgan fingerprint density at radius 1 is 1.25 bits per heavy atom. The average Bonchev–Trinajstić information content (AvgIpc) is 2.90. The van der Waals surface area contributed by atoms with E-state index in [-0.39, 0.29) is 21.4 Å². The molecule has 0 bridgehead atoms. The van der Waals surface area contributed by atoms with E-state index in [4.69, 9.17) is 17.3 Å². The maximum absolute atomic E-state index is 13.2. The van der Waals surface area contributed by atoms with E-state index in [2.05, 4.69) is 10.3 Å². The van der Waals surface area contributed by atoms with E-state index in [1.807, 2.05) is 0 Å². The van der Waals surface area contributed by atoms with Gasteiger partial charge in [0.2, 0.25) is 0 Å². The summed E-state index contributed by atoms with van der Waals surface area (Å²) >= 11 is 6.58. The number of nitrogens with one attached hydrogen (secondary N) is 1. The van der Waals surface area contributed by atoms with Crippen molar-refractivity contribution in [2.75, 3.05) is 11.1 Å². The molecule has 0 radical (unpaired) electrons. The van der Waals surface area contributed by atoms with Crippen molar-refractivity contribution in [2.24, 2.45) is 0 Å². The van der Waals surface area contributed by atoms with Crippen LogP contribution in [0, 0.1) is 6.92 Å². The summed E-state index contributed by atoms with van der Waals surface area (Å²) in [5.41, 5.74) is 5.40. The van der Waals surface area contributed by atoms with Crippen LogP contribution in [0.1, 0.15) is 38.2 Å². The fourth-order valence-corrected chi connectivity index (χ4v) is 3.88. The maximum Gasteiger partial charge on any atom is 0.418 e. The number of halogens is 4. The van der Waals surface area contributed by atoms with Gasteiger partial charge in [0, 0.05) is 21.7 Å². The minimum absolute atomic E-state index is 0.00526. The zero-order valence-electron chi connectivity index (χ0n) is 14.6. The smallest absolute Gasteiger partial charge is 0.397 e. The number of alkyl halides is 3. The number of hydrogen-bond donors (Lipinski definition) is 2. The number of carbonyl (C=O) groups excluding carboxylic acids is 2. The first-order valence-corrected chi connectivity index (χ1v) is 9.07. The molecule has 10 heteroatoms. The summed E-state index contributed by atoms with van der Waals surface area (Å²) in [6.45, 7) is 3.03. The lowest BCUT2D eigenvalue weighted by Crippen LogP contribution is -2.16. The minimum Gasteiger partial charge on any atom is -0.397 e. The molecule has 0 atom stereocenters. The van der Waals surface area contributed by atoms with E-state index in [1.165, 1.54) is 19.1 Å². The Balaban J connectivity index is 2.04. The van der Waals surface area contributed by atoms with E-state index in [0.29, 0.717) is 21.5 Å². The highest BCUT2D eigenvalue weighted by Gasteiger charge is 2.34. The SMILES string of the molecule is CC(=O)c1cc2c(N)c(C(=O)Nc3ccc(Cl)cc3C(F)(F)F)sc2nc1C. The number of Topliss-reactive ketones (excluding diaryl/α,β-unsaturated/α-hetero) is 1. The Morgan fingerprint density at radius 3 is 2.54 bits per heavy atom. The molecule has 0 unspecified atom stereocenters. The van der Waals surface area contributed by atoms with Gasteiger partial charge in [0.05, 0.1) is 16.9 Å². The Bertz CT molecular complexity index is 1130. The van der Waals surface area contributed by atoms with Gasteiger partial charge in [0.1, 0.15) is 9.71 Å². The molecule has 2 heterocycles. The van der Waals surface area contributed by atoms with Crippen LogP contribution < -0.4 is 11.1 Å². The standard InChI is InChI=1S/C18H13ClF3N3O2S/c1-7-10(8(2)26)6-11-14(23)15(28-17(11)24-7)16(27)25-13-4-3-9(19)5-12(13)18(20,21)22/h3-6H,23H2,1-2H3,(H,25,27). The molecule has 1 aromatic carbocycles. The van der Waals surface area contributed by atoms with E-state index in [0.717, 1.165) is 23.5 Å². The maximum atomic E-state index is 13.2. The number of nitrogen functional groups attached to an aromatic ring is 1. The third-order valence-electron chi connectivity index (χ3n) is 4.03. The van der Waals surface area contributed by atoms with Crippen LogP contribution in [-0.4, -0.2) is 16.7 Å². The molecule has 5 nitrogen and oxygen atoms in total. The van der Waals surface area contributed by atoms with Gasteiger partial charge >= 0.3 is 6.18 Å². The first kappa shape index (κ1) is 20.1. The third-order valence-corrected chi connectivity index (χ3v) is 5.38. The number of aromatic nitrogens is 1. The van der Waals surface area contributed by atoms with Gasteiger partial charge in [-0.1, -0.05) is 11.6 Å². The van der Waals surface area contributed by atoms with Crippen molar-refractivity contribution in [3.63, 3.8) is 0 Å². The van der Waals surface area contributed by atoms with Crippen molar-refractivity contribution in [1.29, 1.82) is 0 Å². The molecule has 0 saturated carbocycles. The highest BCUT2D eigenvalue weighted by molar-refractivity contribution is 7.21. The lowest BCUT2D eigenvalue weighted by atomic mass is 10.1. The number of pyridine rings is 1. The van der Waals surface area contributed by atoms with Crippen LogP contribution in [0.3, 0.4) is 0 Å². The molecule has 0 fully saturated rings. The number of nitrogens with two attached hydrogens (primary N) is 1. The molecule has 3 N–H and O–H groups in total. The Morgan fingerprint density at radius 2 is 1.93 bits per heavy atom. The number of rotatable bonds is 3. The molecule has 3 aromatic rings. The highest BCUT2D eigenvalue weighted by atomic mass is 35.5. The van der Waals surface area contributed by atoms with Crippen molar-refractivity contribution in [3.8, 4) is 0 Å². The quantitative estimate of drug-likeness (QED) is 0.554. The van der Waals surface area contributed by atoms with Crippen LogP contribution in [0.25, 0.3) is 10.2 Å². The van der Waals surface area contributed by atoms with Crippen LogP contribution in [0.15, 0.2) is 24.3 Å². The zero-order chi connectivity index (χ0) is 20.8. The Hall–Kier alpha value is -2.65. The van der Waals surface area contributed by atoms with Crippen LogP contribution in [0.5, 0.6) is 0 Å². The van der Waals surface area contributed by atoms with Gasteiger partial charge < -0.3 is 11.1 Å². The van der Waals surface area contributed by atoms with Gasteiger partial charge in [-0.2, -0.15) is 13.2 Å². The summed E-state index contributed by atoms with van der Waals surface area (Å²) in [5.74, 6) is -1.02. The molecule has 0 spiro atoms. The molecule has 2 aromatic heterocycles. The number of anilines is 2. The van der Waals surface area contributed by atoms with Crippen molar-refractivity contribution in [3.05, 3.63) is 51.0 Å². The number of carbonyl (C=O) groups is 2.